The third-order valence-corrected chi connectivity index (χ3v) is 6.08. The summed E-state index contributed by atoms with van der Waals surface area (Å²) in [7, 11) is 0. The zero-order valence-corrected chi connectivity index (χ0v) is 14.3. The number of rotatable bonds is 5. The van der Waals surface area contributed by atoms with Gasteiger partial charge in [-0.3, -0.25) is 9.89 Å². The van der Waals surface area contributed by atoms with Crippen LogP contribution in [-0.4, -0.2) is 28.1 Å². The minimum atomic E-state index is -0.338. The smallest absolute Gasteiger partial charge is 0.182 e. The van der Waals surface area contributed by atoms with Crippen LogP contribution in [0.5, 0.6) is 0 Å². The molecule has 1 aromatic heterocycles. The number of carbonyl (C=O) groups is 1. The van der Waals surface area contributed by atoms with Crippen molar-refractivity contribution < 1.29 is 4.79 Å². The van der Waals surface area contributed by atoms with Crippen LogP contribution in [0.15, 0.2) is 24.4 Å². The molecule has 24 heavy (non-hydrogen) atoms. The average Bonchev–Trinajstić information content (AvgIpc) is 3.29. The molecule has 1 aliphatic heterocycles. The number of fused-ring (bicyclic) bond motifs is 1. The second-order valence-corrected chi connectivity index (χ2v) is 7.66. The summed E-state index contributed by atoms with van der Waals surface area (Å²) in [5, 5.41) is 11.6. The molecular formula is C20H27N3O. The Morgan fingerprint density at radius 1 is 1.21 bits per heavy atom. The maximum Gasteiger partial charge on any atom is 0.182 e. The summed E-state index contributed by atoms with van der Waals surface area (Å²) in [4.78, 5) is 13.3. The summed E-state index contributed by atoms with van der Waals surface area (Å²) in [5.41, 5.74) is 1.47. The van der Waals surface area contributed by atoms with Crippen molar-refractivity contribution in [2.45, 2.75) is 63.3 Å². The molecule has 1 aliphatic carbocycles. The van der Waals surface area contributed by atoms with Crippen molar-refractivity contribution in [3.05, 3.63) is 30.0 Å². The molecule has 2 aliphatic rings. The van der Waals surface area contributed by atoms with Gasteiger partial charge >= 0.3 is 0 Å². The Balaban J connectivity index is 1.53. The van der Waals surface area contributed by atoms with Crippen LogP contribution in [0.3, 0.4) is 0 Å². The van der Waals surface area contributed by atoms with Crippen LogP contribution >= 0.6 is 0 Å². The number of hydrogen-bond acceptors (Lipinski definition) is 3. The fourth-order valence-corrected chi connectivity index (χ4v) is 4.61. The van der Waals surface area contributed by atoms with Gasteiger partial charge in [-0.1, -0.05) is 32.1 Å². The van der Waals surface area contributed by atoms with Crippen molar-refractivity contribution in [1.29, 1.82) is 0 Å². The highest BCUT2D eigenvalue weighted by molar-refractivity contribution is 6.05. The minimum Gasteiger partial charge on any atom is -0.305 e. The van der Waals surface area contributed by atoms with E-state index in [1.807, 2.05) is 18.2 Å². The molecule has 0 bridgehead atoms. The molecule has 0 amide bonds. The van der Waals surface area contributed by atoms with Gasteiger partial charge in [-0.15, -0.1) is 0 Å². The van der Waals surface area contributed by atoms with E-state index in [-0.39, 0.29) is 11.3 Å². The second-order valence-electron chi connectivity index (χ2n) is 7.66. The maximum absolute atomic E-state index is 13.3. The summed E-state index contributed by atoms with van der Waals surface area (Å²) < 4.78 is 0. The molecule has 1 unspecified atom stereocenters. The van der Waals surface area contributed by atoms with Gasteiger partial charge in [0, 0.05) is 10.9 Å². The average molecular weight is 325 g/mol. The van der Waals surface area contributed by atoms with Gasteiger partial charge in [-0.05, 0) is 56.3 Å². The lowest BCUT2D eigenvalue weighted by Gasteiger charge is -2.31. The monoisotopic (exact) mass is 325 g/mol. The molecule has 1 saturated carbocycles. The third kappa shape index (κ3) is 3.00. The summed E-state index contributed by atoms with van der Waals surface area (Å²) in [6.07, 6.45) is 12.9. The first kappa shape index (κ1) is 15.8. The van der Waals surface area contributed by atoms with Gasteiger partial charge in [0.2, 0.25) is 0 Å². The van der Waals surface area contributed by atoms with Gasteiger partial charge in [-0.25, -0.2) is 0 Å². The quantitative estimate of drug-likeness (QED) is 0.809. The number of aromatic nitrogens is 2. The summed E-state index contributed by atoms with van der Waals surface area (Å²) in [6, 6.07) is 5.91. The maximum atomic E-state index is 13.3. The zero-order valence-electron chi connectivity index (χ0n) is 14.3. The second kappa shape index (κ2) is 6.67. The first-order valence-electron chi connectivity index (χ1n) is 9.50. The third-order valence-electron chi connectivity index (χ3n) is 6.08. The van der Waals surface area contributed by atoms with Crippen LogP contribution in [0.4, 0.5) is 0 Å². The van der Waals surface area contributed by atoms with Gasteiger partial charge < -0.3 is 5.32 Å². The Kier molecular flexibility index (Phi) is 4.40. The lowest BCUT2D eigenvalue weighted by atomic mass is 9.78. The molecule has 4 rings (SSSR count). The number of nitrogens with one attached hydrogen (secondary N) is 2. The molecule has 4 nitrogen and oxygen atoms in total. The molecule has 1 atom stereocenters. The molecular weight excluding hydrogens is 298 g/mol. The molecule has 2 fully saturated rings. The number of carbonyl (C=O) groups excluding carboxylic acids is 1. The Bertz CT molecular complexity index is 708. The van der Waals surface area contributed by atoms with Crippen molar-refractivity contribution in [3.63, 3.8) is 0 Å². The summed E-state index contributed by atoms with van der Waals surface area (Å²) in [5.74, 6) is 1.10. The highest BCUT2D eigenvalue weighted by atomic mass is 16.1. The highest BCUT2D eigenvalue weighted by Gasteiger charge is 2.41. The zero-order chi connectivity index (χ0) is 16.4. The first-order valence-corrected chi connectivity index (χ1v) is 9.50. The fraction of sp³-hybridized carbons (Fsp3) is 0.600. The fourth-order valence-electron chi connectivity index (χ4n) is 4.61. The van der Waals surface area contributed by atoms with Crippen LogP contribution in [0.25, 0.3) is 10.9 Å². The van der Waals surface area contributed by atoms with Gasteiger partial charge in [0.15, 0.2) is 5.78 Å². The van der Waals surface area contributed by atoms with Crippen molar-refractivity contribution in [1.82, 2.24) is 15.5 Å². The van der Waals surface area contributed by atoms with Crippen LogP contribution < -0.4 is 5.32 Å². The van der Waals surface area contributed by atoms with Gasteiger partial charge in [-0.2, -0.15) is 5.10 Å². The number of benzene rings is 1. The Morgan fingerprint density at radius 3 is 2.88 bits per heavy atom. The lowest BCUT2D eigenvalue weighted by molar-refractivity contribution is 0.0848. The summed E-state index contributed by atoms with van der Waals surface area (Å²) >= 11 is 0. The van der Waals surface area contributed by atoms with E-state index in [0.29, 0.717) is 0 Å². The Labute approximate surface area is 143 Å². The number of nitrogens with zero attached hydrogens (tertiary/aromatic N) is 1. The summed E-state index contributed by atoms with van der Waals surface area (Å²) in [6.45, 7) is 0.963. The topological polar surface area (TPSA) is 57.8 Å². The molecule has 0 spiro atoms. The highest BCUT2D eigenvalue weighted by Crippen LogP contribution is 2.34. The van der Waals surface area contributed by atoms with E-state index in [1.54, 1.807) is 6.20 Å². The van der Waals surface area contributed by atoms with Crippen LogP contribution in [0, 0.1) is 5.92 Å². The van der Waals surface area contributed by atoms with E-state index in [9.17, 15) is 4.79 Å². The largest absolute Gasteiger partial charge is 0.305 e. The lowest BCUT2D eigenvalue weighted by Crippen LogP contribution is -2.48. The van der Waals surface area contributed by atoms with Crippen molar-refractivity contribution in [2.24, 2.45) is 5.92 Å². The van der Waals surface area contributed by atoms with Crippen LogP contribution in [0.1, 0.15) is 68.1 Å². The first-order chi connectivity index (χ1) is 11.8. The van der Waals surface area contributed by atoms with Crippen molar-refractivity contribution in [3.8, 4) is 0 Å². The van der Waals surface area contributed by atoms with Crippen molar-refractivity contribution in [2.75, 3.05) is 6.54 Å². The number of Topliss-reactive ketones (excluding diaryl/α,β-unsaturated/α-hetero) is 1. The number of hydrogen-bond donors (Lipinski definition) is 2. The molecule has 1 saturated heterocycles. The standard InChI is InChI=1S/C20H27N3O/c24-19(16-7-8-18-17(13-16)14-22-23-18)20(10-4-12-21-20)11-9-15-5-2-1-3-6-15/h7-8,13-15,21H,1-6,9-12H2,(H,22,23). The van der Waals surface area contributed by atoms with Gasteiger partial charge in [0.1, 0.15) is 0 Å². The van der Waals surface area contributed by atoms with E-state index in [1.165, 1.54) is 38.5 Å². The van der Waals surface area contributed by atoms with Crippen LogP contribution in [0.2, 0.25) is 0 Å². The number of ketones is 1. The van der Waals surface area contributed by atoms with E-state index >= 15 is 0 Å². The number of H-pyrrole nitrogens is 1. The van der Waals surface area contributed by atoms with E-state index in [4.69, 9.17) is 0 Å². The predicted octanol–water partition coefficient (Wildman–Crippen LogP) is 4.23. The minimum absolute atomic E-state index is 0.277. The van der Waals surface area contributed by atoms with Crippen LogP contribution in [-0.2, 0) is 0 Å². The Hall–Kier alpha value is -1.68. The van der Waals surface area contributed by atoms with Gasteiger partial charge in [0.25, 0.3) is 0 Å². The van der Waals surface area contributed by atoms with E-state index in [0.717, 1.165) is 48.2 Å². The van der Waals surface area contributed by atoms with Gasteiger partial charge in [0.05, 0.1) is 17.3 Å². The molecule has 2 N–H and O–H groups in total. The molecule has 0 radical (unpaired) electrons. The predicted molar refractivity (Wildman–Crippen MR) is 96.2 cm³/mol. The number of aromatic amines is 1. The van der Waals surface area contributed by atoms with E-state index < -0.39 is 0 Å². The molecule has 2 heterocycles. The SMILES string of the molecule is O=C(c1ccc2[nH]ncc2c1)C1(CCC2CCCCC2)CCCN1. The normalized spacial score (nSPS) is 25.3. The van der Waals surface area contributed by atoms with E-state index in [2.05, 4.69) is 15.5 Å². The Morgan fingerprint density at radius 2 is 2.08 bits per heavy atom. The molecule has 128 valence electrons. The van der Waals surface area contributed by atoms with Crippen molar-refractivity contribution >= 4 is 16.7 Å². The molecule has 4 heteroatoms. The molecule has 2 aromatic rings. The molecule has 1 aromatic carbocycles.